The average molecular weight is 204 g/mol. The van der Waals surface area contributed by atoms with Crippen LogP contribution in [0.15, 0.2) is 18.5 Å². The van der Waals surface area contributed by atoms with Crippen LogP contribution in [0, 0.1) is 0 Å². The zero-order chi connectivity index (χ0) is 10.7. The maximum atomic E-state index is 5.55. The molecule has 2 aromatic heterocycles. The lowest BCUT2D eigenvalue weighted by molar-refractivity contribution is 0.960. The molecule has 0 aliphatic rings. The van der Waals surface area contributed by atoms with Gasteiger partial charge < -0.3 is 16.5 Å². The minimum Gasteiger partial charge on any atom is -0.346 e. The van der Waals surface area contributed by atoms with Gasteiger partial charge in [0.2, 0.25) is 0 Å². The highest BCUT2D eigenvalue weighted by molar-refractivity contribution is 5.80. The van der Waals surface area contributed by atoms with Crippen LogP contribution in [0.5, 0.6) is 0 Å². The largest absolute Gasteiger partial charge is 0.346 e. The highest BCUT2D eigenvalue weighted by Crippen LogP contribution is 2.18. The summed E-state index contributed by atoms with van der Waals surface area (Å²) in [5.41, 5.74) is 14.4. The van der Waals surface area contributed by atoms with Crippen molar-refractivity contribution in [2.24, 2.45) is 11.5 Å². The van der Waals surface area contributed by atoms with Gasteiger partial charge >= 0.3 is 0 Å². The van der Waals surface area contributed by atoms with Crippen LogP contribution in [0.25, 0.3) is 11.0 Å². The number of hydrogen-bond donors (Lipinski definition) is 3. The van der Waals surface area contributed by atoms with Gasteiger partial charge in [-0.2, -0.15) is 0 Å². The lowest BCUT2D eigenvalue weighted by Crippen LogP contribution is -2.04. The molecule has 2 heterocycles. The number of aromatic amines is 1. The topological polar surface area (TPSA) is 80.7 Å². The molecule has 4 heteroatoms. The molecular weight excluding hydrogens is 188 g/mol. The minimum absolute atomic E-state index is 0.657. The van der Waals surface area contributed by atoms with Crippen LogP contribution in [-0.2, 0) is 12.8 Å². The third-order valence-corrected chi connectivity index (χ3v) is 2.52. The maximum Gasteiger partial charge on any atom is 0.137 e. The van der Waals surface area contributed by atoms with Crippen molar-refractivity contribution in [2.75, 3.05) is 13.1 Å². The van der Waals surface area contributed by atoms with Crippen molar-refractivity contribution >= 4 is 11.0 Å². The zero-order valence-corrected chi connectivity index (χ0v) is 8.66. The van der Waals surface area contributed by atoms with Gasteiger partial charge in [0.15, 0.2) is 0 Å². The molecule has 0 atom stereocenters. The van der Waals surface area contributed by atoms with E-state index in [-0.39, 0.29) is 0 Å². The number of nitrogens with one attached hydrogen (secondary N) is 1. The van der Waals surface area contributed by atoms with Gasteiger partial charge in [-0.05, 0) is 43.1 Å². The van der Waals surface area contributed by atoms with E-state index in [1.807, 2.05) is 12.4 Å². The first-order chi connectivity index (χ1) is 7.35. The first-order valence-electron chi connectivity index (χ1n) is 5.20. The third-order valence-electron chi connectivity index (χ3n) is 2.52. The summed E-state index contributed by atoms with van der Waals surface area (Å²) in [6.07, 6.45) is 5.61. The van der Waals surface area contributed by atoms with Crippen LogP contribution >= 0.6 is 0 Å². The number of nitrogens with zero attached hydrogens (tertiary/aromatic N) is 1. The first-order valence-corrected chi connectivity index (χ1v) is 5.20. The molecule has 0 saturated heterocycles. The van der Waals surface area contributed by atoms with E-state index in [1.54, 1.807) is 0 Å². The second-order valence-corrected chi connectivity index (χ2v) is 3.63. The van der Waals surface area contributed by atoms with Crippen LogP contribution in [0.2, 0.25) is 0 Å². The fourth-order valence-corrected chi connectivity index (χ4v) is 1.77. The Bertz CT molecular complexity index is 447. The number of pyridine rings is 1. The second kappa shape index (κ2) is 4.42. The molecule has 15 heavy (non-hydrogen) atoms. The Balaban J connectivity index is 2.42. The Labute approximate surface area is 88.7 Å². The summed E-state index contributed by atoms with van der Waals surface area (Å²) in [6.45, 7) is 1.32. The Morgan fingerprint density at radius 3 is 2.73 bits per heavy atom. The molecule has 4 nitrogen and oxygen atoms in total. The first kappa shape index (κ1) is 10.1. The van der Waals surface area contributed by atoms with Gasteiger partial charge in [0.05, 0.1) is 0 Å². The van der Waals surface area contributed by atoms with Crippen molar-refractivity contribution in [1.82, 2.24) is 9.97 Å². The molecule has 0 aliphatic carbocycles. The molecule has 0 aliphatic heterocycles. The minimum atomic E-state index is 0.657. The number of fused-ring (bicyclic) bond motifs is 1. The van der Waals surface area contributed by atoms with E-state index in [0.717, 1.165) is 18.5 Å². The van der Waals surface area contributed by atoms with E-state index < -0.39 is 0 Å². The molecule has 2 rings (SSSR count). The summed E-state index contributed by atoms with van der Waals surface area (Å²) >= 11 is 0. The number of nitrogens with two attached hydrogens (primary N) is 2. The van der Waals surface area contributed by atoms with E-state index in [1.165, 1.54) is 16.5 Å². The summed E-state index contributed by atoms with van der Waals surface area (Å²) < 4.78 is 0. The lowest BCUT2D eigenvalue weighted by Gasteiger charge is -2.00. The van der Waals surface area contributed by atoms with Crippen LogP contribution in [0.4, 0.5) is 0 Å². The molecule has 0 aromatic carbocycles. The van der Waals surface area contributed by atoms with Crippen LogP contribution in [0.1, 0.15) is 11.1 Å². The molecule has 0 saturated carbocycles. The third kappa shape index (κ3) is 2.00. The molecular formula is C11H16N4. The Morgan fingerprint density at radius 1 is 1.20 bits per heavy atom. The molecule has 0 amide bonds. The normalized spacial score (nSPS) is 11.1. The van der Waals surface area contributed by atoms with E-state index >= 15 is 0 Å². The van der Waals surface area contributed by atoms with E-state index in [4.69, 9.17) is 11.5 Å². The molecule has 0 bridgehead atoms. The van der Waals surface area contributed by atoms with Crippen molar-refractivity contribution in [3.8, 4) is 0 Å². The standard InChI is InChI=1S/C11H16N4/c12-3-1-8-5-10-9(2-4-13)7-15-11(10)14-6-8/h5-7H,1-4,12-13H2,(H,14,15). The Morgan fingerprint density at radius 2 is 2.00 bits per heavy atom. The van der Waals surface area contributed by atoms with Gasteiger partial charge in [-0.25, -0.2) is 4.98 Å². The van der Waals surface area contributed by atoms with E-state index in [2.05, 4.69) is 16.0 Å². The van der Waals surface area contributed by atoms with Crippen LogP contribution < -0.4 is 11.5 Å². The van der Waals surface area contributed by atoms with Crippen molar-refractivity contribution in [1.29, 1.82) is 0 Å². The predicted octanol–water partition coefficient (Wildman–Crippen LogP) is 0.565. The van der Waals surface area contributed by atoms with Crippen molar-refractivity contribution in [3.63, 3.8) is 0 Å². The van der Waals surface area contributed by atoms with Gasteiger partial charge in [-0.15, -0.1) is 0 Å². The smallest absolute Gasteiger partial charge is 0.137 e. The Hall–Kier alpha value is -1.39. The summed E-state index contributed by atoms with van der Waals surface area (Å²) in [6, 6.07) is 2.15. The summed E-state index contributed by atoms with van der Waals surface area (Å²) in [5, 5.41) is 1.17. The number of aromatic nitrogens is 2. The fraction of sp³-hybridized carbons (Fsp3) is 0.364. The summed E-state index contributed by atoms with van der Waals surface area (Å²) in [7, 11) is 0. The number of hydrogen-bond acceptors (Lipinski definition) is 3. The van der Waals surface area contributed by atoms with Gasteiger partial charge in [0, 0.05) is 17.8 Å². The highest BCUT2D eigenvalue weighted by atomic mass is 14.8. The number of H-pyrrole nitrogens is 1. The van der Waals surface area contributed by atoms with Crippen molar-refractivity contribution < 1.29 is 0 Å². The monoisotopic (exact) mass is 204 g/mol. The average Bonchev–Trinajstić information content (AvgIpc) is 2.63. The molecule has 80 valence electrons. The fourth-order valence-electron chi connectivity index (χ4n) is 1.77. The SMILES string of the molecule is NCCc1cnc2[nH]cc(CCN)c2c1. The number of rotatable bonds is 4. The molecule has 5 N–H and O–H groups in total. The van der Waals surface area contributed by atoms with Gasteiger partial charge in [-0.3, -0.25) is 0 Å². The van der Waals surface area contributed by atoms with Crippen LogP contribution in [0.3, 0.4) is 0 Å². The summed E-state index contributed by atoms with van der Waals surface area (Å²) in [5.74, 6) is 0. The molecule has 0 fully saturated rings. The summed E-state index contributed by atoms with van der Waals surface area (Å²) in [4.78, 5) is 7.50. The molecule has 2 aromatic rings. The van der Waals surface area contributed by atoms with Gasteiger partial charge in [0.25, 0.3) is 0 Å². The maximum absolute atomic E-state index is 5.55. The van der Waals surface area contributed by atoms with Gasteiger partial charge in [-0.1, -0.05) is 0 Å². The van der Waals surface area contributed by atoms with E-state index in [0.29, 0.717) is 13.1 Å². The van der Waals surface area contributed by atoms with Crippen LogP contribution in [-0.4, -0.2) is 23.1 Å². The molecule has 0 unspecified atom stereocenters. The predicted molar refractivity (Wildman–Crippen MR) is 61.6 cm³/mol. The van der Waals surface area contributed by atoms with E-state index in [9.17, 15) is 0 Å². The zero-order valence-electron chi connectivity index (χ0n) is 8.66. The molecule has 0 radical (unpaired) electrons. The van der Waals surface area contributed by atoms with Crippen molar-refractivity contribution in [3.05, 3.63) is 29.6 Å². The second-order valence-electron chi connectivity index (χ2n) is 3.63. The Kier molecular flexibility index (Phi) is 2.99. The van der Waals surface area contributed by atoms with Gasteiger partial charge in [0.1, 0.15) is 5.65 Å². The van der Waals surface area contributed by atoms with Crippen molar-refractivity contribution in [2.45, 2.75) is 12.8 Å². The molecule has 0 spiro atoms. The quantitative estimate of drug-likeness (QED) is 0.681. The highest BCUT2D eigenvalue weighted by Gasteiger charge is 2.04. The lowest BCUT2D eigenvalue weighted by atomic mass is 10.1.